The van der Waals surface area contributed by atoms with E-state index < -0.39 is 0 Å². The zero-order valence-electron chi connectivity index (χ0n) is 14.2. The van der Waals surface area contributed by atoms with Crippen molar-refractivity contribution in [3.8, 4) is 5.75 Å². The Morgan fingerprint density at radius 2 is 2.05 bits per heavy atom. The summed E-state index contributed by atoms with van der Waals surface area (Å²) in [6.07, 6.45) is 3.80. The molecule has 1 aromatic carbocycles. The monoisotopic (exact) mass is 323 g/mol. The fourth-order valence-corrected chi connectivity index (χ4v) is 3.72. The van der Waals surface area contributed by atoms with Crippen molar-refractivity contribution in [2.45, 2.75) is 56.7 Å². The van der Waals surface area contributed by atoms with E-state index in [9.17, 15) is 5.11 Å². The van der Waals surface area contributed by atoms with Crippen molar-refractivity contribution in [2.75, 3.05) is 19.4 Å². The molecule has 0 spiro atoms. The minimum absolute atomic E-state index is 0.228. The number of benzene rings is 1. The summed E-state index contributed by atoms with van der Waals surface area (Å²) in [5.74, 6) is 1.49. The molecule has 0 saturated carbocycles. The number of rotatable bonds is 7. The van der Waals surface area contributed by atoms with Gasteiger partial charge in [-0.1, -0.05) is 6.92 Å². The Labute approximate surface area is 139 Å². The lowest BCUT2D eigenvalue weighted by Crippen LogP contribution is -2.43. The highest BCUT2D eigenvalue weighted by Gasteiger charge is 2.34. The quantitative estimate of drug-likeness (QED) is 0.776. The van der Waals surface area contributed by atoms with Crippen LogP contribution in [0.5, 0.6) is 5.75 Å². The van der Waals surface area contributed by atoms with Gasteiger partial charge in [0.05, 0.1) is 12.7 Å². The van der Waals surface area contributed by atoms with Gasteiger partial charge in [-0.05, 0) is 57.2 Å². The minimum Gasteiger partial charge on any atom is -0.493 e. The predicted octanol–water partition coefficient (Wildman–Crippen LogP) is 3.66. The first kappa shape index (κ1) is 17.6. The van der Waals surface area contributed by atoms with Gasteiger partial charge in [-0.2, -0.15) is 0 Å². The first-order valence-electron chi connectivity index (χ1n) is 8.25. The van der Waals surface area contributed by atoms with Crippen molar-refractivity contribution in [3.05, 3.63) is 24.3 Å². The van der Waals surface area contributed by atoms with E-state index in [1.54, 1.807) is 11.8 Å². The second kappa shape index (κ2) is 8.23. The Kier molecular flexibility index (Phi) is 6.60. The summed E-state index contributed by atoms with van der Waals surface area (Å²) in [5.41, 5.74) is 0. The van der Waals surface area contributed by atoms with Crippen LogP contribution in [0.1, 0.15) is 33.6 Å². The molecule has 0 amide bonds. The molecule has 1 fully saturated rings. The lowest BCUT2D eigenvalue weighted by molar-refractivity contribution is 0.0501. The average molecular weight is 324 g/mol. The predicted molar refractivity (Wildman–Crippen MR) is 93.8 cm³/mol. The fraction of sp³-hybridized carbons (Fsp3) is 0.667. The van der Waals surface area contributed by atoms with Gasteiger partial charge in [0, 0.05) is 29.4 Å². The molecule has 2 rings (SSSR count). The molecule has 1 aliphatic heterocycles. The summed E-state index contributed by atoms with van der Waals surface area (Å²) < 4.78 is 5.95. The highest BCUT2D eigenvalue weighted by atomic mass is 32.2. The van der Waals surface area contributed by atoms with Crippen molar-refractivity contribution < 1.29 is 9.84 Å². The van der Waals surface area contributed by atoms with Gasteiger partial charge in [0.2, 0.25) is 0 Å². The normalized spacial score (nSPS) is 25.1. The number of hydrogen-bond donors (Lipinski definition) is 1. The van der Waals surface area contributed by atoms with Crippen LogP contribution in [0.25, 0.3) is 0 Å². The van der Waals surface area contributed by atoms with Gasteiger partial charge in [-0.25, -0.2) is 0 Å². The van der Waals surface area contributed by atoms with E-state index >= 15 is 0 Å². The minimum atomic E-state index is -0.235. The van der Waals surface area contributed by atoms with Crippen LogP contribution in [0.15, 0.2) is 29.2 Å². The van der Waals surface area contributed by atoms with Crippen LogP contribution in [0.4, 0.5) is 0 Å². The highest BCUT2D eigenvalue weighted by Crippen LogP contribution is 2.28. The van der Waals surface area contributed by atoms with E-state index in [1.165, 1.54) is 4.90 Å². The first-order valence-corrected chi connectivity index (χ1v) is 9.48. The highest BCUT2D eigenvalue weighted by molar-refractivity contribution is 7.98. The first-order chi connectivity index (χ1) is 10.5. The van der Waals surface area contributed by atoms with Gasteiger partial charge in [0.1, 0.15) is 5.75 Å². The van der Waals surface area contributed by atoms with Gasteiger partial charge >= 0.3 is 0 Å². The lowest BCUT2D eigenvalue weighted by Gasteiger charge is -2.31. The molecule has 0 bridgehead atoms. The zero-order valence-corrected chi connectivity index (χ0v) is 15.0. The largest absolute Gasteiger partial charge is 0.493 e. The molecule has 1 aromatic rings. The second-order valence-corrected chi connectivity index (χ2v) is 7.23. The maximum Gasteiger partial charge on any atom is 0.119 e. The molecule has 4 unspecified atom stereocenters. The lowest BCUT2D eigenvalue weighted by atomic mass is 10.1. The molecule has 0 aromatic heterocycles. The maximum atomic E-state index is 10.1. The summed E-state index contributed by atoms with van der Waals surface area (Å²) >= 11 is 1.74. The van der Waals surface area contributed by atoms with Crippen molar-refractivity contribution in [3.63, 3.8) is 0 Å². The van der Waals surface area contributed by atoms with E-state index in [2.05, 4.69) is 37.1 Å². The third kappa shape index (κ3) is 4.40. The van der Waals surface area contributed by atoms with E-state index in [-0.39, 0.29) is 12.1 Å². The van der Waals surface area contributed by atoms with Crippen molar-refractivity contribution in [2.24, 2.45) is 5.92 Å². The van der Waals surface area contributed by atoms with Gasteiger partial charge in [0.25, 0.3) is 0 Å². The molecule has 1 heterocycles. The van der Waals surface area contributed by atoms with Crippen LogP contribution in [-0.2, 0) is 0 Å². The summed E-state index contributed by atoms with van der Waals surface area (Å²) in [4.78, 5) is 3.69. The summed E-state index contributed by atoms with van der Waals surface area (Å²) in [5, 5.41) is 10.1. The number of nitrogens with zero attached hydrogens (tertiary/aromatic N) is 1. The van der Waals surface area contributed by atoms with Crippen LogP contribution in [0.3, 0.4) is 0 Å². The molecular weight excluding hydrogens is 294 g/mol. The Hall–Kier alpha value is -0.710. The smallest absolute Gasteiger partial charge is 0.119 e. The number of aliphatic hydroxyl groups excluding tert-OH is 1. The van der Waals surface area contributed by atoms with Gasteiger partial charge in [0.15, 0.2) is 0 Å². The summed E-state index contributed by atoms with van der Waals surface area (Å²) in [6, 6.07) is 9.04. The number of ether oxygens (including phenoxy) is 1. The average Bonchev–Trinajstić information content (AvgIpc) is 2.92. The van der Waals surface area contributed by atoms with Crippen molar-refractivity contribution in [1.82, 2.24) is 4.90 Å². The molecule has 1 N–H and O–H groups in total. The standard InChI is InChI=1S/C18H29NO2S/c1-5-18(20)14(3)19-11-15(10-13(19)2)12-21-16-6-8-17(22-4)9-7-16/h6-9,13-15,18,20H,5,10-12H2,1-4H3. The Bertz CT molecular complexity index is 451. The Morgan fingerprint density at radius 1 is 1.36 bits per heavy atom. The molecule has 1 saturated heterocycles. The fourth-order valence-electron chi connectivity index (χ4n) is 3.31. The van der Waals surface area contributed by atoms with E-state index in [1.807, 2.05) is 19.1 Å². The van der Waals surface area contributed by atoms with E-state index in [0.29, 0.717) is 12.0 Å². The molecule has 0 radical (unpaired) electrons. The molecule has 22 heavy (non-hydrogen) atoms. The number of likely N-dealkylation sites (tertiary alicyclic amines) is 1. The van der Waals surface area contributed by atoms with Gasteiger partial charge in [-0.3, -0.25) is 4.90 Å². The SMILES string of the molecule is CCC(O)C(C)N1CC(COc2ccc(SC)cc2)CC1C. The molecule has 4 atom stereocenters. The van der Waals surface area contributed by atoms with Gasteiger partial charge < -0.3 is 9.84 Å². The summed E-state index contributed by atoms with van der Waals surface area (Å²) in [6.45, 7) is 8.21. The zero-order chi connectivity index (χ0) is 16.1. The van der Waals surface area contributed by atoms with Crippen LogP contribution in [0, 0.1) is 5.92 Å². The van der Waals surface area contributed by atoms with Crippen LogP contribution >= 0.6 is 11.8 Å². The Balaban J connectivity index is 1.84. The second-order valence-electron chi connectivity index (χ2n) is 6.35. The summed E-state index contributed by atoms with van der Waals surface area (Å²) in [7, 11) is 0. The molecule has 3 nitrogen and oxygen atoms in total. The van der Waals surface area contributed by atoms with E-state index in [0.717, 1.165) is 31.7 Å². The van der Waals surface area contributed by atoms with E-state index in [4.69, 9.17) is 4.74 Å². The Morgan fingerprint density at radius 3 is 2.64 bits per heavy atom. The number of hydrogen-bond acceptors (Lipinski definition) is 4. The maximum absolute atomic E-state index is 10.1. The molecule has 0 aliphatic carbocycles. The van der Waals surface area contributed by atoms with Crippen molar-refractivity contribution >= 4 is 11.8 Å². The number of aliphatic hydroxyl groups is 1. The molecule has 4 heteroatoms. The molecule has 1 aliphatic rings. The molecule has 124 valence electrons. The van der Waals surface area contributed by atoms with Crippen LogP contribution in [0.2, 0.25) is 0 Å². The third-order valence-electron chi connectivity index (χ3n) is 4.75. The van der Waals surface area contributed by atoms with Gasteiger partial charge in [-0.15, -0.1) is 11.8 Å². The number of thioether (sulfide) groups is 1. The van der Waals surface area contributed by atoms with Crippen LogP contribution in [-0.4, -0.2) is 47.6 Å². The third-order valence-corrected chi connectivity index (χ3v) is 5.50. The topological polar surface area (TPSA) is 32.7 Å². The van der Waals surface area contributed by atoms with Crippen LogP contribution < -0.4 is 4.74 Å². The van der Waals surface area contributed by atoms with Crippen molar-refractivity contribution in [1.29, 1.82) is 0 Å². The molecular formula is C18H29NO2S.